The molecule has 21 heavy (non-hydrogen) atoms. The van der Waals surface area contributed by atoms with E-state index in [1.807, 2.05) is 0 Å². The summed E-state index contributed by atoms with van der Waals surface area (Å²) in [6, 6.07) is 5.40. The second-order valence-corrected chi connectivity index (χ2v) is 6.03. The average molecular weight is 317 g/mol. The van der Waals surface area contributed by atoms with Crippen LogP contribution in [-0.4, -0.2) is 47.9 Å². The Bertz CT molecular complexity index is 555. The minimum Gasteiger partial charge on any atom is -0.482 e. The van der Waals surface area contributed by atoms with Gasteiger partial charge < -0.3 is 14.2 Å². The van der Waals surface area contributed by atoms with Crippen LogP contribution < -0.4 is 9.46 Å². The van der Waals surface area contributed by atoms with Crippen LogP contribution in [0.25, 0.3) is 0 Å². The van der Waals surface area contributed by atoms with Crippen molar-refractivity contribution in [1.82, 2.24) is 4.72 Å². The van der Waals surface area contributed by atoms with E-state index < -0.39 is 16.0 Å². The van der Waals surface area contributed by atoms with Gasteiger partial charge >= 0.3 is 5.97 Å². The predicted octanol–water partition coefficient (Wildman–Crippen LogP) is 0.552. The largest absolute Gasteiger partial charge is 0.482 e. The zero-order valence-electron chi connectivity index (χ0n) is 12.2. The second-order valence-electron chi connectivity index (χ2n) is 4.31. The van der Waals surface area contributed by atoms with Crippen LogP contribution in [0, 0.1) is 0 Å². The fourth-order valence-corrected chi connectivity index (χ4v) is 2.76. The molecular formula is C13H19NO6S. The third-order valence-corrected chi connectivity index (χ3v) is 4.10. The van der Waals surface area contributed by atoms with Gasteiger partial charge in [0.2, 0.25) is 10.0 Å². The molecule has 8 heteroatoms. The highest BCUT2D eigenvalue weighted by molar-refractivity contribution is 7.89. The van der Waals surface area contributed by atoms with Crippen molar-refractivity contribution >= 4 is 16.0 Å². The van der Waals surface area contributed by atoms with Crippen LogP contribution in [0.2, 0.25) is 0 Å². The molecule has 0 aliphatic rings. The zero-order chi connectivity index (χ0) is 15.9. The zero-order valence-corrected chi connectivity index (χ0v) is 13.0. The summed E-state index contributed by atoms with van der Waals surface area (Å²) < 4.78 is 41.1. The molecule has 0 saturated heterocycles. The van der Waals surface area contributed by atoms with Gasteiger partial charge in [-0.2, -0.15) is 0 Å². The Morgan fingerprint density at radius 2 is 1.86 bits per heavy atom. The van der Waals surface area contributed by atoms with Gasteiger partial charge in [-0.1, -0.05) is 0 Å². The lowest BCUT2D eigenvalue weighted by Crippen LogP contribution is -2.35. The molecule has 1 N–H and O–H groups in total. The van der Waals surface area contributed by atoms with Gasteiger partial charge in [-0.25, -0.2) is 17.9 Å². The number of sulfonamides is 1. The number of methoxy groups -OCH3 is 2. The predicted molar refractivity (Wildman–Crippen MR) is 75.6 cm³/mol. The molecular weight excluding hydrogens is 298 g/mol. The smallest absolute Gasteiger partial charge is 0.343 e. The van der Waals surface area contributed by atoms with E-state index in [-0.39, 0.29) is 24.2 Å². The minimum atomic E-state index is -3.61. The van der Waals surface area contributed by atoms with E-state index in [1.165, 1.54) is 38.5 Å². The number of carbonyl (C=O) groups is 1. The number of rotatable bonds is 8. The van der Waals surface area contributed by atoms with Crippen molar-refractivity contribution in [2.24, 2.45) is 0 Å². The summed E-state index contributed by atoms with van der Waals surface area (Å²) in [6.07, 6.45) is 0. The molecule has 0 saturated carbocycles. The molecule has 7 nitrogen and oxygen atoms in total. The van der Waals surface area contributed by atoms with Crippen LogP contribution in [0.15, 0.2) is 29.2 Å². The molecule has 0 radical (unpaired) electrons. The lowest BCUT2D eigenvalue weighted by atomic mass is 10.3. The van der Waals surface area contributed by atoms with E-state index in [0.29, 0.717) is 5.75 Å². The van der Waals surface area contributed by atoms with Crippen LogP contribution in [0.3, 0.4) is 0 Å². The van der Waals surface area contributed by atoms with Crippen molar-refractivity contribution in [1.29, 1.82) is 0 Å². The van der Waals surface area contributed by atoms with Crippen molar-refractivity contribution < 1.29 is 27.4 Å². The average Bonchev–Trinajstić information content (AvgIpc) is 2.44. The normalized spacial score (nSPS) is 12.7. The number of hydrogen-bond acceptors (Lipinski definition) is 6. The van der Waals surface area contributed by atoms with E-state index in [9.17, 15) is 13.2 Å². The quantitative estimate of drug-likeness (QED) is 0.704. The molecule has 0 amide bonds. The van der Waals surface area contributed by atoms with Crippen molar-refractivity contribution in [3.05, 3.63) is 24.3 Å². The number of nitrogens with one attached hydrogen (secondary N) is 1. The van der Waals surface area contributed by atoms with Gasteiger partial charge in [0.1, 0.15) is 5.75 Å². The van der Waals surface area contributed by atoms with Crippen LogP contribution in [0.1, 0.15) is 6.92 Å². The molecule has 0 heterocycles. The van der Waals surface area contributed by atoms with E-state index in [0.717, 1.165) is 0 Å². The maximum atomic E-state index is 12.1. The molecule has 0 aromatic heterocycles. The number of benzene rings is 1. The lowest BCUT2D eigenvalue weighted by molar-refractivity contribution is -0.142. The number of esters is 1. The SMILES string of the molecule is COC[C@H](C)NS(=O)(=O)c1ccc(OCC(=O)OC)cc1. The van der Waals surface area contributed by atoms with Gasteiger partial charge in [-0.15, -0.1) is 0 Å². The van der Waals surface area contributed by atoms with Gasteiger partial charge in [0.15, 0.2) is 6.61 Å². The first-order valence-corrected chi connectivity index (χ1v) is 7.68. The van der Waals surface area contributed by atoms with Gasteiger partial charge in [0.05, 0.1) is 18.6 Å². The Labute approximate surface area is 124 Å². The first-order valence-electron chi connectivity index (χ1n) is 6.20. The topological polar surface area (TPSA) is 90.9 Å². The summed E-state index contributed by atoms with van der Waals surface area (Å²) >= 11 is 0. The molecule has 118 valence electrons. The van der Waals surface area contributed by atoms with Crippen molar-refractivity contribution in [3.63, 3.8) is 0 Å². The van der Waals surface area contributed by atoms with Gasteiger partial charge in [-0.05, 0) is 31.2 Å². The number of hydrogen-bond donors (Lipinski definition) is 1. The Hall–Kier alpha value is -1.64. The van der Waals surface area contributed by atoms with Crippen molar-refractivity contribution in [3.8, 4) is 5.75 Å². The Morgan fingerprint density at radius 3 is 2.38 bits per heavy atom. The van der Waals surface area contributed by atoms with E-state index >= 15 is 0 Å². The van der Waals surface area contributed by atoms with Crippen molar-refractivity contribution in [2.75, 3.05) is 27.4 Å². The molecule has 1 aromatic rings. The van der Waals surface area contributed by atoms with Gasteiger partial charge in [0.25, 0.3) is 0 Å². The standard InChI is InChI=1S/C13H19NO6S/c1-10(8-18-2)14-21(16,17)12-6-4-11(5-7-12)20-9-13(15)19-3/h4-7,10,14H,8-9H2,1-3H3/t10-/m0/s1. The first-order chi connectivity index (χ1) is 9.89. The summed E-state index contributed by atoms with van der Waals surface area (Å²) in [5.41, 5.74) is 0. The second kappa shape index (κ2) is 7.96. The Kier molecular flexibility index (Phi) is 6.60. The van der Waals surface area contributed by atoms with Gasteiger partial charge in [-0.3, -0.25) is 0 Å². The maximum Gasteiger partial charge on any atom is 0.343 e. The molecule has 0 aliphatic carbocycles. The Balaban J connectivity index is 2.70. The van der Waals surface area contributed by atoms with Crippen LogP contribution in [-0.2, 0) is 24.3 Å². The minimum absolute atomic E-state index is 0.107. The molecule has 0 fully saturated rings. The van der Waals surface area contributed by atoms with Crippen LogP contribution in [0.4, 0.5) is 0 Å². The highest BCUT2D eigenvalue weighted by Crippen LogP contribution is 2.16. The highest BCUT2D eigenvalue weighted by Gasteiger charge is 2.17. The number of ether oxygens (including phenoxy) is 3. The van der Waals surface area contributed by atoms with E-state index in [2.05, 4.69) is 9.46 Å². The summed E-state index contributed by atoms with van der Waals surface area (Å²) in [5.74, 6) is -0.133. The van der Waals surface area contributed by atoms with Gasteiger partial charge in [0, 0.05) is 13.2 Å². The monoisotopic (exact) mass is 317 g/mol. The third kappa shape index (κ3) is 5.70. The molecule has 1 aromatic carbocycles. The first kappa shape index (κ1) is 17.4. The van der Waals surface area contributed by atoms with Crippen LogP contribution in [0.5, 0.6) is 5.75 Å². The summed E-state index contributed by atoms with van der Waals surface area (Å²) in [7, 11) is -0.855. The fourth-order valence-electron chi connectivity index (χ4n) is 1.53. The molecule has 1 atom stereocenters. The summed E-state index contributed by atoms with van der Waals surface area (Å²) in [6.45, 7) is 1.75. The van der Waals surface area contributed by atoms with E-state index in [4.69, 9.17) is 9.47 Å². The molecule has 0 bridgehead atoms. The highest BCUT2D eigenvalue weighted by atomic mass is 32.2. The van der Waals surface area contributed by atoms with Crippen molar-refractivity contribution in [2.45, 2.75) is 17.9 Å². The molecule has 0 aliphatic heterocycles. The van der Waals surface area contributed by atoms with Crippen LogP contribution >= 0.6 is 0 Å². The number of carbonyl (C=O) groups excluding carboxylic acids is 1. The molecule has 0 spiro atoms. The lowest BCUT2D eigenvalue weighted by Gasteiger charge is -2.13. The molecule has 1 rings (SSSR count). The summed E-state index contributed by atoms with van der Waals surface area (Å²) in [4.78, 5) is 11.0. The Morgan fingerprint density at radius 1 is 1.24 bits per heavy atom. The maximum absolute atomic E-state index is 12.1. The molecule has 0 unspecified atom stereocenters. The third-order valence-electron chi connectivity index (χ3n) is 2.49. The summed E-state index contributed by atoms with van der Waals surface area (Å²) in [5, 5.41) is 0. The van der Waals surface area contributed by atoms with E-state index in [1.54, 1.807) is 6.92 Å². The fraction of sp³-hybridized carbons (Fsp3) is 0.462.